The minimum atomic E-state index is 0.479. The Morgan fingerprint density at radius 3 is 2.58 bits per heavy atom. The molecule has 0 radical (unpaired) electrons. The van der Waals surface area contributed by atoms with Gasteiger partial charge in [0.15, 0.2) is 0 Å². The highest BCUT2D eigenvalue weighted by atomic mass is 15.3. The standard InChI is InChI=1S/C15H26N4/c1-4-5-12-10-13(19-16)18-14(17-12)11-6-8-15(2,3)9-7-11/h10-11H,4-9,16H2,1-3H3,(H,17,18,19). The van der Waals surface area contributed by atoms with Gasteiger partial charge in [-0.2, -0.15) is 0 Å². The van der Waals surface area contributed by atoms with E-state index >= 15 is 0 Å². The molecule has 0 atom stereocenters. The number of hydrogen-bond acceptors (Lipinski definition) is 4. The SMILES string of the molecule is CCCc1cc(NN)nc(C2CCC(C)(C)CC2)n1. The molecule has 0 amide bonds. The summed E-state index contributed by atoms with van der Waals surface area (Å²) in [5.74, 6) is 7.74. The summed E-state index contributed by atoms with van der Waals surface area (Å²) in [6, 6.07) is 1.96. The number of hydrazine groups is 1. The molecule has 0 aromatic carbocycles. The van der Waals surface area contributed by atoms with Crippen molar-refractivity contribution >= 4 is 5.82 Å². The number of hydrogen-bond donors (Lipinski definition) is 2. The summed E-state index contributed by atoms with van der Waals surface area (Å²) in [4.78, 5) is 9.29. The lowest BCUT2D eigenvalue weighted by Gasteiger charge is -2.33. The van der Waals surface area contributed by atoms with E-state index < -0.39 is 0 Å². The van der Waals surface area contributed by atoms with Crippen LogP contribution in [-0.2, 0) is 6.42 Å². The molecule has 1 aliphatic rings. The van der Waals surface area contributed by atoms with E-state index in [1.165, 1.54) is 25.7 Å². The number of nitrogens with zero attached hydrogens (tertiary/aromatic N) is 2. The van der Waals surface area contributed by atoms with Crippen LogP contribution in [0.25, 0.3) is 0 Å². The zero-order valence-corrected chi connectivity index (χ0v) is 12.4. The molecule has 2 rings (SSSR count). The number of anilines is 1. The second-order valence-electron chi connectivity index (χ2n) is 6.44. The number of nitrogens with one attached hydrogen (secondary N) is 1. The van der Waals surface area contributed by atoms with E-state index in [2.05, 4.69) is 31.2 Å². The summed E-state index contributed by atoms with van der Waals surface area (Å²) in [5.41, 5.74) is 4.25. The fraction of sp³-hybridized carbons (Fsp3) is 0.733. The van der Waals surface area contributed by atoms with Crippen molar-refractivity contribution in [1.82, 2.24) is 9.97 Å². The van der Waals surface area contributed by atoms with Crippen LogP contribution in [0.3, 0.4) is 0 Å². The average molecular weight is 262 g/mol. The summed E-state index contributed by atoms with van der Waals surface area (Å²) in [6.45, 7) is 6.87. The Morgan fingerprint density at radius 1 is 1.32 bits per heavy atom. The normalized spacial score (nSPS) is 19.4. The minimum absolute atomic E-state index is 0.479. The average Bonchev–Trinajstić information content (AvgIpc) is 2.38. The highest BCUT2D eigenvalue weighted by Crippen LogP contribution is 2.41. The maximum absolute atomic E-state index is 5.52. The molecule has 3 N–H and O–H groups in total. The molecule has 1 aromatic heterocycles. The lowest BCUT2D eigenvalue weighted by Crippen LogP contribution is -2.22. The van der Waals surface area contributed by atoms with E-state index in [1.54, 1.807) is 0 Å². The molecule has 1 fully saturated rings. The van der Waals surface area contributed by atoms with Crippen LogP contribution in [0.2, 0.25) is 0 Å². The molecule has 0 aliphatic heterocycles. The third-order valence-electron chi connectivity index (χ3n) is 4.15. The van der Waals surface area contributed by atoms with Gasteiger partial charge in [0.2, 0.25) is 0 Å². The molecule has 0 bridgehead atoms. The number of aryl methyl sites for hydroxylation is 1. The van der Waals surface area contributed by atoms with Crippen LogP contribution in [0.5, 0.6) is 0 Å². The second-order valence-corrected chi connectivity index (χ2v) is 6.44. The molecule has 19 heavy (non-hydrogen) atoms. The summed E-state index contributed by atoms with van der Waals surface area (Å²) < 4.78 is 0. The van der Waals surface area contributed by atoms with E-state index in [0.29, 0.717) is 11.3 Å². The molecule has 4 heteroatoms. The van der Waals surface area contributed by atoms with Crippen LogP contribution in [-0.4, -0.2) is 9.97 Å². The maximum Gasteiger partial charge on any atom is 0.143 e. The first-order chi connectivity index (χ1) is 9.04. The van der Waals surface area contributed by atoms with Crippen molar-refractivity contribution in [3.63, 3.8) is 0 Å². The van der Waals surface area contributed by atoms with Gasteiger partial charge >= 0.3 is 0 Å². The summed E-state index contributed by atoms with van der Waals surface area (Å²) in [7, 11) is 0. The van der Waals surface area contributed by atoms with Crippen molar-refractivity contribution in [2.24, 2.45) is 11.3 Å². The smallest absolute Gasteiger partial charge is 0.143 e. The van der Waals surface area contributed by atoms with Crippen molar-refractivity contribution in [3.05, 3.63) is 17.6 Å². The predicted octanol–water partition coefficient (Wildman–Crippen LogP) is 3.40. The van der Waals surface area contributed by atoms with E-state index in [-0.39, 0.29) is 0 Å². The Kier molecular flexibility index (Phi) is 4.40. The first kappa shape index (κ1) is 14.3. The van der Waals surface area contributed by atoms with Gasteiger partial charge in [0.25, 0.3) is 0 Å². The van der Waals surface area contributed by atoms with Crippen LogP contribution in [0.1, 0.15) is 70.3 Å². The highest BCUT2D eigenvalue weighted by molar-refractivity contribution is 5.35. The topological polar surface area (TPSA) is 63.8 Å². The van der Waals surface area contributed by atoms with Crippen LogP contribution in [0, 0.1) is 5.41 Å². The zero-order valence-electron chi connectivity index (χ0n) is 12.4. The van der Waals surface area contributed by atoms with Crippen LogP contribution in [0.4, 0.5) is 5.82 Å². The summed E-state index contributed by atoms with van der Waals surface area (Å²) >= 11 is 0. The number of aromatic nitrogens is 2. The van der Waals surface area contributed by atoms with E-state index in [0.717, 1.165) is 30.2 Å². The summed E-state index contributed by atoms with van der Waals surface area (Å²) in [5, 5.41) is 0. The minimum Gasteiger partial charge on any atom is -0.308 e. The maximum atomic E-state index is 5.52. The fourth-order valence-corrected chi connectivity index (χ4v) is 2.82. The fourth-order valence-electron chi connectivity index (χ4n) is 2.82. The van der Waals surface area contributed by atoms with Gasteiger partial charge in [0.05, 0.1) is 0 Å². The first-order valence-electron chi connectivity index (χ1n) is 7.38. The molecule has 1 heterocycles. The lowest BCUT2D eigenvalue weighted by molar-refractivity contribution is 0.220. The van der Waals surface area contributed by atoms with Gasteiger partial charge in [-0.25, -0.2) is 15.8 Å². The molecule has 0 saturated heterocycles. The molecule has 4 nitrogen and oxygen atoms in total. The number of nitrogens with two attached hydrogens (primary N) is 1. The zero-order chi connectivity index (χ0) is 13.9. The van der Waals surface area contributed by atoms with Crippen LogP contribution in [0.15, 0.2) is 6.07 Å². The molecule has 1 aromatic rings. The van der Waals surface area contributed by atoms with Gasteiger partial charge < -0.3 is 5.43 Å². The quantitative estimate of drug-likeness (QED) is 0.645. The van der Waals surface area contributed by atoms with Gasteiger partial charge in [-0.15, -0.1) is 0 Å². The Morgan fingerprint density at radius 2 is 2.00 bits per heavy atom. The molecular weight excluding hydrogens is 236 g/mol. The van der Waals surface area contributed by atoms with Crippen molar-refractivity contribution < 1.29 is 0 Å². The predicted molar refractivity (Wildman–Crippen MR) is 78.8 cm³/mol. The Balaban J connectivity index is 2.17. The van der Waals surface area contributed by atoms with E-state index in [4.69, 9.17) is 10.8 Å². The Bertz CT molecular complexity index is 418. The van der Waals surface area contributed by atoms with E-state index in [1.807, 2.05) is 6.07 Å². The van der Waals surface area contributed by atoms with Gasteiger partial charge in [0.1, 0.15) is 11.6 Å². The molecule has 1 aliphatic carbocycles. The van der Waals surface area contributed by atoms with Gasteiger partial charge in [-0.1, -0.05) is 27.2 Å². The largest absolute Gasteiger partial charge is 0.308 e. The molecule has 106 valence electrons. The second kappa shape index (κ2) is 5.87. The van der Waals surface area contributed by atoms with Crippen molar-refractivity contribution in [2.45, 2.75) is 65.2 Å². The monoisotopic (exact) mass is 262 g/mol. The first-order valence-corrected chi connectivity index (χ1v) is 7.38. The van der Waals surface area contributed by atoms with Gasteiger partial charge in [-0.05, 0) is 37.5 Å². The van der Waals surface area contributed by atoms with Crippen LogP contribution < -0.4 is 11.3 Å². The van der Waals surface area contributed by atoms with Gasteiger partial charge in [0, 0.05) is 17.7 Å². The lowest BCUT2D eigenvalue weighted by atomic mass is 9.73. The Hall–Kier alpha value is -1.16. The van der Waals surface area contributed by atoms with Crippen molar-refractivity contribution in [2.75, 3.05) is 5.43 Å². The molecular formula is C15H26N4. The number of nitrogen functional groups attached to an aromatic ring is 1. The van der Waals surface area contributed by atoms with Crippen LogP contribution >= 0.6 is 0 Å². The van der Waals surface area contributed by atoms with Crippen molar-refractivity contribution in [1.29, 1.82) is 0 Å². The third kappa shape index (κ3) is 3.66. The number of rotatable bonds is 4. The summed E-state index contributed by atoms with van der Waals surface area (Å²) in [6.07, 6.45) is 6.97. The van der Waals surface area contributed by atoms with Crippen molar-refractivity contribution in [3.8, 4) is 0 Å². The third-order valence-corrected chi connectivity index (χ3v) is 4.15. The van der Waals surface area contributed by atoms with E-state index in [9.17, 15) is 0 Å². The Labute approximate surface area is 116 Å². The molecule has 0 spiro atoms. The van der Waals surface area contributed by atoms with Gasteiger partial charge in [-0.3, -0.25) is 0 Å². The molecule has 0 unspecified atom stereocenters. The molecule has 1 saturated carbocycles. The highest BCUT2D eigenvalue weighted by Gasteiger charge is 2.29.